The number of ether oxygens (including phenoxy) is 1. The Bertz CT molecular complexity index is 1050. The number of piperidine rings is 1. The van der Waals surface area contributed by atoms with Gasteiger partial charge in [0.05, 0.1) is 24.6 Å². The lowest BCUT2D eigenvalue weighted by Crippen LogP contribution is -2.44. The van der Waals surface area contributed by atoms with Gasteiger partial charge in [-0.15, -0.1) is 0 Å². The molecule has 8 heteroatoms. The van der Waals surface area contributed by atoms with Crippen LogP contribution in [0.4, 0.5) is 5.82 Å². The van der Waals surface area contributed by atoms with Crippen LogP contribution in [0.25, 0.3) is 11.3 Å². The molecule has 166 valence electrons. The highest BCUT2D eigenvalue weighted by atomic mass is 16.5. The molecule has 0 saturated carbocycles. The molecule has 0 aliphatic carbocycles. The van der Waals surface area contributed by atoms with Crippen LogP contribution < -0.4 is 10.1 Å². The van der Waals surface area contributed by atoms with Gasteiger partial charge in [-0.25, -0.2) is 0 Å². The first kappa shape index (κ1) is 21.5. The topological polar surface area (TPSA) is 100 Å². The Kier molecular flexibility index (Phi) is 6.79. The summed E-state index contributed by atoms with van der Waals surface area (Å²) in [6, 6.07) is 13.2. The van der Waals surface area contributed by atoms with Crippen molar-refractivity contribution in [2.24, 2.45) is 5.92 Å². The number of rotatable bonds is 7. The van der Waals surface area contributed by atoms with E-state index in [-0.39, 0.29) is 24.2 Å². The van der Waals surface area contributed by atoms with E-state index in [0.717, 1.165) is 35.4 Å². The van der Waals surface area contributed by atoms with Crippen LogP contribution in [0.15, 0.2) is 54.9 Å². The number of aromatic nitrogens is 3. The van der Waals surface area contributed by atoms with Crippen molar-refractivity contribution in [3.63, 3.8) is 0 Å². The van der Waals surface area contributed by atoms with Gasteiger partial charge in [0.1, 0.15) is 5.75 Å². The van der Waals surface area contributed by atoms with Crippen LogP contribution in [0, 0.1) is 12.8 Å². The van der Waals surface area contributed by atoms with Gasteiger partial charge >= 0.3 is 0 Å². The van der Waals surface area contributed by atoms with E-state index in [0.29, 0.717) is 25.5 Å². The molecule has 32 heavy (non-hydrogen) atoms. The summed E-state index contributed by atoms with van der Waals surface area (Å²) in [5.74, 6) is 0.898. The number of hydrogen-bond acceptors (Lipinski definition) is 5. The largest absolute Gasteiger partial charge is 0.493 e. The van der Waals surface area contributed by atoms with E-state index in [9.17, 15) is 9.59 Å². The molecule has 0 spiro atoms. The molecule has 3 heterocycles. The van der Waals surface area contributed by atoms with E-state index in [1.165, 1.54) is 0 Å². The standard InChI is InChI=1S/C24H27N5O3/c1-17-22(18-9-12-25-13-10-18)27-28-23(17)26-24(31)19-6-5-14-29(16-19)21(30)11-15-32-20-7-3-2-4-8-20/h2-4,7-10,12-13,19H,5-6,11,14-16H2,1H3,(H2,26,27,28,31). The molecule has 2 aromatic heterocycles. The van der Waals surface area contributed by atoms with Gasteiger partial charge in [-0.3, -0.25) is 19.7 Å². The van der Waals surface area contributed by atoms with E-state index in [4.69, 9.17) is 4.74 Å². The van der Waals surface area contributed by atoms with Crippen molar-refractivity contribution in [2.45, 2.75) is 26.2 Å². The van der Waals surface area contributed by atoms with E-state index in [1.54, 1.807) is 17.3 Å². The summed E-state index contributed by atoms with van der Waals surface area (Å²) in [7, 11) is 0. The molecule has 1 aliphatic heterocycles. The van der Waals surface area contributed by atoms with Gasteiger partial charge in [-0.2, -0.15) is 5.10 Å². The quantitative estimate of drug-likeness (QED) is 0.595. The highest BCUT2D eigenvalue weighted by Gasteiger charge is 2.29. The molecule has 1 fully saturated rings. The maximum Gasteiger partial charge on any atom is 0.230 e. The highest BCUT2D eigenvalue weighted by Crippen LogP contribution is 2.26. The highest BCUT2D eigenvalue weighted by molar-refractivity contribution is 5.93. The smallest absolute Gasteiger partial charge is 0.230 e. The van der Waals surface area contributed by atoms with Crippen LogP contribution in [0.5, 0.6) is 5.75 Å². The number of nitrogens with zero attached hydrogens (tertiary/aromatic N) is 3. The molecule has 2 amide bonds. The number of likely N-dealkylation sites (tertiary alicyclic amines) is 1. The SMILES string of the molecule is Cc1c(NC(=O)C2CCCN(C(=O)CCOc3ccccc3)C2)n[nH]c1-c1ccncc1. The Hall–Kier alpha value is -3.68. The van der Waals surface area contributed by atoms with Crippen molar-refractivity contribution >= 4 is 17.6 Å². The molecule has 1 unspecified atom stereocenters. The zero-order valence-corrected chi connectivity index (χ0v) is 18.1. The maximum absolute atomic E-state index is 12.9. The zero-order chi connectivity index (χ0) is 22.3. The minimum Gasteiger partial charge on any atom is -0.493 e. The Morgan fingerprint density at radius 2 is 1.97 bits per heavy atom. The molecule has 1 saturated heterocycles. The van der Waals surface area contributed by atoms with Gasteiger partial charge in [0.15, 0.2) is 5.82 Å². The second-order valence-electron chi connectivity index (χ2n) is 7.89. The Balaban J connectivity index is 1.31. The van der Waals surface area contributed by atoms with E-state index in [2.05, 4.69) is 20.5 Å². The fourth-order valence-corrected chi connectivity index (χ4v) is 3.89. The fourth-order valence-electron chi connectivity index (χ4n) is 3.89. The van der Waals surface area contributed by atoms with Crippen molar-refractivity contribution in [1.29, 1.82) is 0 Å². The molecule has 1 aliphatic rings. The summed E-state index contributed by atoms with van der Waals surface area (Å²) in [6.07, 6.45) is 5.26. The first-order valence-electron chi connectivity index (χ1n) is 10.8. The number of anilines is 1. The number of carbonyl (C=O) groups excluding carboxylic acids is 2. The summed E-state index contributed by atoms with van der Waals surface area (Å²) in [6.45, 7) is 3.32. The fraction of sp³-hybridized carbons (Fsp3) is 0.333. The second-order valence-corrected chi connectivity index (χ2v) is 7.89. The summed E-state index contributed by atoms with van der Waals surface area (Å²) in [4.78, 5) is 31.3. The van der Waals surface area contributed by atoms with Crippen molar-refractivity contribution in [3.05, 3.63) is 60.4 Å². The monoisotopic (exact) mass is 433 g/mol. The Morgan fingerprint density at radius 1 is 1.19 bits per heavy atom. The summed E-state index contributed by atoms with van der Waals surface area (Å²) in [5.41, 5.74) is 2.67. The third-order valence-electron chi connectivity index (χ3n) is 5.69. The summed E-state index contributed by atoms with van der Waals surface area (Å²) in [5, 5.41) is 10.2. The lowest BCUT2D eigenvalue weighted by atomic mass is 9.96. The van der Waals surface area contributed by atoms with Gasteiger partial charge in [-0.05, 0) is 44.0 Å². The lowest BCUT2D eigenvalue weighted by Gasteiger charge is -2.32. The van der Waals surface area contributed by atoms with Gasteiger partial charge < -0.3 is 15.0 Å². The molecule has 4 rings (SSSR count). The average molecular weight is 434 g/mol. The Labute approximate surface area is 187 Å². The number of H-pyrrole nitrogens is 1. The van der Waals surface area contributed by atoms with Crippen molar-refractivity contribution in [2.75, 3.05) is 25.0 Å². The molecular weight excluding hydrogens is 406 g/mol. The maximum atomic E-state index is 12.9. The van der Waals surface area contributed by atoms with Crippen LogP contribution in [0.3, 0.4) is 0 Å². The van der Waals surface area contributed by atoms with Crippen LogP contribution in [0.2, 0.25) is 0 Å². The molecule has 0 bridgehead atoms. The van der Waals surface area contributed by atoms with Gasteiger partial charge in [0.2, 0.25) is 11.8 Å². The number of amides is 2. The Morgan fingerprint density at radius 3 is 2.75 bits per heavy atom. The van der Waals surface area contributed by atoms with Gasteiger partial charge in [-0.1, -0.05) is 18.2 Å². The summed E-state index contributed by atoms with van der Waals surface area (Å²) >= 11 is 0. The van der Waals surface area contributed by atoms with Crippen LogP contribution in [-0.4, -0.2) is 51.6 Å². The summed E-state index contributed by atoms with van der Waals surface area (Å²) < 4.78 is 5.63. The average Bonchev–Trinajstić information content (AvgIpc) is 3.20. The molecule has 1 atom stereocenters. The molecule has 8 nitrogen and oxygen atoms in total. The number of pyridine rings is 1. The first-order valence-corrected chi connectivity index (χ1v) is 10.8. The number of aromatic amines is 1. The van der Waals surface area contributed by atoms with Crippen molar-refractivity contribution in [3.8, 4) is 17.0 Å². The number of para-hydroxylation sites is 1. The van der Waals surface area contributed by atoms with Gasteiger partial charge in [0.25, 0.3) is 0 Å². The van der Waals surface area contributed by atoms with Crippen molar-refractivity contribution in [1.82, 2.24) is 20.1 Å². The minimum atomic E-state index is -0.261. The van der Waals surface area contributed by atoms with E-state index in [1.807, 2.05) is 49.4 Å². The van der Waals surface area contributed by atoms with Gasteiger partial charge in [0, 0.05) is 36.6 Å². The molecule has 2 N–H and O–H groups in total. The lowest BCUT2D eigenvalue weighted by molar-refractivity contribution is -0.135. The van der Waals surface area contributed by atoms with Crippen LogP contribution >= 0.6 is 0 Å². The molecular formula is C24H27N5O3. The van der Waals surface area contributed by atoms with E-state index < -0.39 is 0 Å². The molecule has 0 radical (unpaired) electrons. The molecule has 1 aromatic carbocycles. The zero-order valence-electron chi connectivity index (χ0n) is 18.1. The minimum absolute atomic E-state index is 0.00866. The third kappa shape index (κ3) is 5.14. The third-order valence-corrected chi connectivity index (χ3v) is 5.69. The van der Waals surface area contributed by atoms with Crippen LogP contribution in [0.1, 0.15) is 24.8 Å². The van der Waals surface area contributed by atoms with Crippen molar-refractivity contribution < 1.29 is 14.3 Å². The predicted molar refractivity (Wildman–Crippen MR) is 121 cm³/mol. The van der Waals surface area contributed by atoms with E-state index >= 15 is 0 Å². The van der Waals surface area contributed by atoms with Crippen LogP contribution in [-0.2, 0) is 9.59 Å². The number of hydrogen-bond donors (Lipinski definition) is 2. The molecule has 3 aromatic rings. The predicted octanol–water partition coefficient (Wildman–Crippen LogP) is 3.43. The normalized spacial score (nSPS) is 15.9. The second kappa shape index (κ2) is 10.1. The first-order chi connectivity index (χ1) is 15.6. The number of nitrogens with one attached hydrogen (secondary N) is 2. The number of carbonyl (C=O) groups is 2. The number of benzene rings is 1.